The smallest absolute Gasteiger partial charge is 0.00963 e. The van der Waals surface area contributed by atoms with Crippen LogP contribution in [0.2, 0.25) is 0 Å². The van der Waals surface area contributed by atoms with Crippen LogP contribution < -0.4 is 5.32 Å². The van der Waals surface area contributed by atoms with Gasteiger partial charge in [-0.15, -0.1) is 0 Å². The van der Waals surface area contributed by atoms with E-state index in [0.717, 1.165) is 30.0 Å². The van der Waals surface area contributed by atoms with Crippen LogP contribution in [0.4, 0.5) is 0 Å². The summed E-state index contributed by atoms with van der Waals surface area (Å²) in [5.41, 5.74) is 0. The Balaban J connectivity index is 1.77. The van der Waals surface area contributed by atoms with Crippen LogP contribution in [0.3, 0.4) is 0 Å². The van der Waals surface area contributed by atoms with Gasteiger partial charge in [-0.25, -0.2) is 0 Å². The third-order valence-corrected chi connectivity index (χ3v) is 5.94. The average Bonchev–Trinajstić information content (AvgIpc) is 2.46. The molecule has 0 radical (unpaired) electrons. The molecule has 0 amide bonds. The van der Waals surface area contributed by atoms with Crippen molar-refractivity contribution in [2.75, 3.05) is 14.1 Å². The monoisotopic (exact) mass is 266 g/mol. The Morgan fingerprint density at radius 2 is 1.32 bits per heavy atom. The second kappa shape index (κ2) is 7.08. The Bertz CT molecular complexity index is 248. The molecule has 19 heavy (non-hydrogen) atoms. The van der Waals surface area contributed by atoms with Crippen molar-refractivity contribution >= 4 is 0 Å². The molecule has 112 valence electrons. The first-order valence-electron chi connectivity index (χ1n) is 8.51. The molecule has 0 heterocycles. The quantitative estimate of drug-likeness (QED) is 0.835. The van der Waals surface area contributed by atoms with E-state index in [0.29, 0.717) is 0 Å². The molecule has 0 unspecified atom stereocenters. The molecule has 0 atom stereocenters. The molecule has 0 aromatic carbocycles. The number of rotatable bonds is 4. The van der Waals surface area contributed by atoms with Gasteiger partial charge in [0.25, 0.3) is 0 Å². The zero-order valence-electron chi connectivity index (χ0n) is 13.5. The highest BCUT2D eigenvalue weighted by atomic mass is 15.2. The molecule has 1 N–H and O–H groups in total. The van der Waals surface area contributed by atoms with Crippen molar-refractivity contribution in [2.24, 2.45) is 11.8 Å². The molecule has 0 saturated heterocycles. The molecular formula is C17H34N2. The molecule has 0 bridgehead atoms. The Labute approximate surface area is 120 Å². The molecule has 2 rings (SSSR count). The lowest BCUT2D eigenvalue weighted by Gasteiger charge is -2.42. The molecule has 2 fully saturated rings. The molecule has 2 saturated carbocycles. The van der Waals surface area contributed by atoms with Crippen LogP contribution in [0.5, 0.6) is 0 Å². The molecule has 0 spiro atoms. The predicted molar refractivity (Wildman–Crippen MR) is 83.5 cm³/mol. The molecular weight excluding hydrogens is 232 g/mol. The third-order valence-electron chi connectivity index (χ3n) is 5.94. The van der Waals surface area contributed by atoms with Gasteiger partial charge in [-0.1, -0.05) is 13.8 Å². The minimum atomic E-state index is 0.779. The van der Waals surface area contributed by atoms with Crippen molar-refractivity contribution in [3.8, 4) is 0 Å². The van der Waals surface area contributed by atoms with Gasteiger partial charge in [0.1, 0.15) is 0 Å². The molecule has 0 aromatic heterocycles. The highest BCUT2D eigenvalue weighted by Gasteiger charge is 2.30. The van der Waals surface area contributed by atoms with Crippen molar-refractivity contribution in [2.45, 2.75) is 83.3 Å². The van der Waals surface area contributed by atoms with Crippen LogP contribution in [0.25, 0.3) is 0 Å². The van der Waals surface area contributed by atoms with Crippen LogP contribution in [-0.2, 0) is 0 Å². The topological polar surface area (TPSA) is 15.3 Å². The standard InChI is InChI=1S/C17H34N2/c1-13(2)14-5-9-16(10-6-14)19(4)17-11-7-15(18-3)8-12-17/h13-18H,5-12H2,1-4H3. The van der Waals surface area contributed by atoms with Crippen molar-refractivity contribution < 1.29 is 0 Å². The van der Waals surface area contributed by atoms with Gasteiger partial charge in [0, 0.05) is 18.1 Å². The van der Waals surface area contributed by atoms with E-state index in [-0.39, 0.29) is 0 Å². The van der Waals surface area contributed by atoms with E-state index >= 15 is 0 Å². The summed E-state index contributed by atoms with van der Waals surface area (Å²) >= 11 is 0. The third kappa shape index (κ3) is 3.95. The molecule has 2 nitrogen and oxygen atoms in total. The number of hydrogen-bond acceptors (Lipinski definition) is 2. The van der Waals surface area contributed by atoms with Crippen molar-refractivity contribution in [1.82, 2.24) is 10.2 Å². The lowest BCUT2D eigenvalue weighted by Crippen LogP contribution is -2.45. The van der Waals surface area contributed by atoms with E-state index in [9.17, 15) is 0 Å². The van der Waals surface area contributed by atoms with Crippen molar-refractivity contribution in [3.05, 3.63) is 0 Å². The first kappa shape index (κ1) is 15.3. The summed E-state index contributed by atoms with van der Waals surface area (Å²) in [5, 5.41) is 3.44. The first-order valence-corrected chi connectivity index (χ1v) is 8.51. The van der Waals surface area contributed by atoms with Gasteiger partial charge in [-0.05, 0) is 77.3 Å². The predicted octanol–water partition coefficient (Wildman–Crippen LogP) is 3.66. The van der Waals surface area contributed by atoms with Gasteiger partial charge in [0.2, 0.25) is 0 Å². The largest absolute Gasteiger partial charge is 0.317 e. The van der Waals surface area contributed by atoms with E-state index in [4.69, 9.17) is 0 Å². The molecule has 0 aromatic rings. The van der Waals surface area contributed by atoms with Gasteiger partial charge in [0.05, 0.1) is 0 Å². The van der Waals surface area contributed by atoms with E-state index in [1.807, 2.05) is 0 Å². The average molecular weight is 266 g/mol. The first-order chi connectivity index (χ1) is 9.11. The van der Waals surface area contributed by atoms with Crippen molar-refractivity contribution in [1.29, 1.82) is 0 Å². The van der Waals surface area contributed by atoms with Crippen LogP contribution >= 0.6 is 0 Å². The van der Waals surface area contributed by atoms with Crippen LogP contribution in [-0.4, -0.2) is 37.1 Å². The minimum absolute atomic E-state index is 0.779. The summed E-state index contributed by atoms with van der Waals surface area (Å²) in [6.45, 7) is 4.79. The summed E-state index contributed by atoms with van der Waals surface area (Å²) < 4.78 is 0. The van der Waals surface area contributed by atoms with Gasteiger partial charge < -0.3 is 10.2 Å². The number of nitrogens with zero attached hydrogens (tertiary/aromatic N) is 1. The van der Waals surface area contributed by atoms with E-state index < -0.39 is 0 Å². The highest BCUT2D eigenvalue weighted by Crippen LogP contribution is 2.34. The fraction of sp³-hybridized carbons (Fsp3) is 1.00. The zero-order chi connectivity index (χ0) is 13.8. The number of hydrogen-bond donors (Lipinski definition) is 1. The Morgan fingerprint density at radius 3 is 1.74 bits per heavy atom. The summed E-state index contributed by atoms with van der Waals surface area (Å²) in [4.78, 5) is 2.74. The second-order valence-corrected chi connectivity index (χ2v) is 7.27. The van der Waals surface area contributed by atoms with Gasteiger partial charge in [-0.3, -0.25) is 0 Å². The van der Waals surface area contributed by atoms with Gasteiger partial charge in [-0.2, -0.15) is 0 Å². The summed E-state index contributed by atoms with van der Waals surface area (Å²) in [5.74, 6) is 1.88. The van der Waals surface area contributed by atoms with E-state index in [2.05, 4.69) is 38.2 Å². The molecule has 0 aliphatic heterocycles. The number of nitrogens with one attached hydrogen (secondary N) is 1. The SMILES string of the molecule is CNC1CCC(N(C)C2CCC(C(C)C)CC2)CC1. The van der Waals surface area contributed by atoms with E-state index in [1.165, 1.54) is 51.4 Å². The maximum absolute atomic E-state index is 3.44. The molecule has 2 aliphatic rings. The highest BCUT2D eigenvalue weighted by molar-refractivity contribution is 4.86. The normalized spacial score (nSPS) is 36.9. The van der Waals surface area contributed by atoms with Crippen LogP contribution in [0, 0.1) is 11.8 Å². The molecule has 2 aliphatic carbocycles. The summed E-state index contributed by atoms with van der Waals surface area (Å²) in [6.07, 6.45) is 11.3. The zero-order valence-corrected chi connectivity index (χ0v) is 13.5. The maximum Gasteiger partial charge on any atom is 0.00963 e. The minimum Gasteiger partial charge on any atom is -0.317 e. The Morgan fingerprint density at radius 1 is 0.842 bits per heavy atom. The van der Waals surface area contributed by atoms with Crippen molar-refractivity contribution in [3.63, 3.8) is 0 Å². The molecule has 2 heteroatoms. The maximum atomic E-state index is 3.44. The second-order valence-electron chi connectivity index (χ2n) is 7.27. The Hall–Kier alpha value is -0.0800. The summed E-state index contributed by atoms with van der Waals surface area (Å²) in [6, 6.07) is 2.50. The lowest BCUT2D eigenvalue weighted by atomic mass is 9.78. The van der Waals surface area contributed by atoms with Gasteiger partial charge in [0.15, 0.2) is 0 Å². The fourth-order valence-electron chi connectivity index (χ4n) is 4.25. The lowest BCUT2D eigenvalue weighted by molar-refractivity contribution is 0.0847. The van der Waals surface area contributed by atoms with Crippen LogP contribution in [0.15, 0.2) is 0 Å². The van der Waals surface area contributed by atoms with Crippen LogP contribution in [0.1, 0.15) is 65.2 Å². The Kier molecular flexibility index (Phi) is 5.70. The van der Waals surface area contributed by atoms with Gasteiger partial charge >= 0.3 is 0 Å². The van der Waals surface area contributed by atoms with E-state index in [1.54, 1.807) is 0 Å². The summed E-state index contributed by atoms with van der Waals surface area (Å²) in [7, 11) is 4.51. The fourth-order valence-corrected chi connectivity index (χ4v) is 4.25.